The Labute approximate surface area is 192 Å². The smallest absolute Gasteiger partial charge is 0.251 e. The predicted molar refractivity (Wildman–Crippen MR) is 131 cm³/mol. The number of amides is 1. The van der Waals surface area contributed by atoms with Crippen LogP contribution in [-0.4, -0.2) is 17.5 Å². The molecule has 0 fully saturated rings. The number of benzene rings is 3. The molecule has 1 amide bonds. The zero-order valence-corrected chi connectivity index (χ0v) is 19.1. The molecule has 162 valence electrons. The van der Waals surface area contributed by atoms with Crippen LogP contribution in [0.4, 0.5) is 0 Å². The molecule has 0 saturated heterocycles. The summed E-state index contributed by atoms with van der Waals surface area (Å²) in [6.07, 6.45) is 0. The summed E-state index contributed by atoms with van der Waals surface area (Å²) in [5.41, 5.74) is 4.75. The molecule has 1 N–H and O–H groups in total. The Hall–Kier alpha value is -3.44. The average molecular weight is 443 g/mol. The van der Waals surface area contributed by atoms with E-state index < -0.39 is 0 Å². The van der Waals surface area contributed by atoms with Crippen molar-refractivity contribution in [2.75, 3.05) is 6.61 Å². The number of carbonyl (C=O) groups is 1. The Bertz CT molecular complexity index is 1190. The first-order valence-electron chi connectivity index (χ1n) is 10.7. The van der Waals surface area contributed by atoms with E-state index in [0.29, 0.717) is 30.4 Å². The van der Waals surface area contributed by atoms with Gasteiger partial charge in [-0.1, -0.05) is 68.4 Å². The summed E-state index contributed by atoms with van der Waals surface area (Å²) >= 11 is 1.62. The average Bonchev–Trinajstić information content (AvgIpc) is 3.33. The van der Waals surface area contributed by atoms with Crippen LogP contribution in [0.2, 0.25) is 0 Å². The van der Waals surface area contributed by atoms with Gasteiger partial charge in [-0.25, -0.2) is 4.98 Å². The molecule has 0 aliphatic heterocycles. The van der Waals surface area contributed by atoms with Gasteiger partial charge in [0, 0.05) is 28.6 Å². The minimum absolute atomic E-state index is 0.119. The summed E-state index contributed by atoms with van der Waals surface area (Å²) < 4.78 is 5.73. The molecule has 0 unspecified atom stereocenters. The van der Waals surface area contributed by atoms with E-state index in [1.54, 1.807) is 23.5 Å². The van der Waals surface area contributed by atoms with Crippen molar-refractivity contribution in [1.29, 1.82) is 0 Å². The molecule has 4 aromatic rings. The van der Waals surface area contributed by atoms with Gasteiger partial charge >= 0.3 is 0 Å². The number of ether oxygens (including phenoxy) is 1. The number of nitrogens with zero attached hydrogens (tertiary/aromatic N) is 1. The molecule has 0 bridgehead atoms. The molecule has 5 heteroatoms. The maximum Gasteiger partial charge on any atom is 0.251 e. The number of hydrogen-bond donors (Lipinski definition) is 1. The van der Waals surface area contributed by atoms with Gasteiger partial charge in [0.05, 0.1) is 12.3 Å². The molecular formula is C27H26N2O2S. The van der Waals surface area contributed by atoms with E-state index >= 15 is 0 Å². The maximum atomic E-state index is 12.6. The van der Waals surface area contributed by atoms with Crippen molar-refractivity contribution in [3.05, 3.63) is 95.4 Å². The van der Waals surface area contributed by atoms with Gasteiger partial charge in [-0.05, 0) is 35.7 Å². The van der Waals surface area contributed by atoms with Gasteiger partial charge in [0.1, 0.15) is 10.8 Å². The van der Waals surface area contributed by atoms with E-state index in [4.69, 9.17) is 9.72 Å². The van der Waals surface area contributed by atoms with Gasteiger partial charge in [-0.2, -0.15) is 0 Å². The molecule has 32 heavy (non-hydrogen) atoms. The fraction of sp³-hybridized carbons (Fsp3) is 0.185. The molecule has 0 radical (unpaired) electrons. The molecule has 0 atom stereocenters. The zero-order chi connectivity index (χ0) is 22.3. The van der Waals surface area contributed by atoms with E-state index in [1.165, 1.54) is 0 Å². The number of thiazole rings is 1. The first-order valence-corrected chi connectivity index (χ1v) is 11.6. The number of nitrogens with one attached hydrogen (secondary N) is 1. The molecule has 1 aromatic heterocycles. The highest BCUT2D eigenvalue weighted by Gasteiger charge is 2.10. The highest BCUT2D eigenvalue weighted by molar-refractivity contribution is 7.13. The SMILES string of the molecule is CC(C)COc1cccc(C(=O)NCc2cccc(-c3nc(-c4ccccc4)cs3)c2)c1. The fourth-order valence-corrected chi connectivity index (χ4v) is 4.06. The Morgan fingerprint density at radius 3 is 2.56 bits per heavy atom. The summed E-state index contributed by atoms with van der Waals surface area (Å²) in [6.45, 7) is 5.26. The molecule has 0 spiro atoms. The minimum atomic E-state index is -0.119. The van der Waals surface area contributed by atoms with Crippen molar-refractivity contribution >= 4 is 17.2 Å². The highest BCUT2D eigenvalue weighted by Crippen LogP contribution is 2.29. The van der Waals surface area contributed by atoms with Crippen LogP contribution in [-0.2, 0) is 6.54 Å². The summed E-state index contributed by atoms with van der Waals surface area (Å²) in [6, 6.07) is 25.6. The van der Waals surface area contributed by atoms with E-state index in [2.05, 4.69) is 48.8 Å². The normalized spacial score (nSPS) is 10.8. The van der Waals surface area contributed by atoms with Crippen molar-refractivity contribution in [2.24, 2.45) is 5.92 Å². The molecule has 0 saturated carbocycles. The first-order chi connectivity index (χ1) is 15.6. The van der Waals surface area contributed by atoms with Gasteiger partial charge < -0.3 is 10.1 Å². The standard InChI is InChI=1S/C27H26N2O2S/c1-19(2)17-31-24-13-7-11-22(15-24)26(30)28-16-20-8-6-12-23(14-20)27-29-25(18-32-27)21-9-4-3-5-10-21/h3-15,18-19H,16-17H2,1-2H3,(H,28,30). The Balaban J connectivity index is 1.41. The van der Waals surface area contributed by atoms with Crippen LogP contribution in [0.15, 0.2) is 84.2 Å². The Morgan fingerprint density at radius 2 is 1.75 bits per heavy atom. The van der Waals surface area contributed by atoms with Crippen molar-refractivity contribution in [1.82, 2.24) is 10.3 Å². The van der Waals surface area contributed by atoms with Crippen LogP contribution in [0.25, 0.3) is 21.8 Å². The minimum Gasteiger partial charge on any atom is -0.493 e. The van der Waals surface area contributed by atoms with Crippen LogP contribution in [0.3, 0.4) is 0 Å². The highest BCUT2D eigenvalue weighted by atomic mass is 32.1. The predicted octanol–water partition coefficient (Wildman–Crippen LogP) is 6.44. The Morgan fingerprint density at radius 1 is 0.969 bits per heavy atom. The van der Waals surface area contributed by atoms with E-state index in [1.807, 2.05) is 42.5 Å². The van der Waals surface area contributed by atoms with Crippen molar-refractivity contribution < 1.29 is 9.53 Å². The monoisotopic (exact) mass is 442 g/mol. The van der Waals surface area contributed by atoms with Crippen LogP contribution in [0, 0.1) is 5.92 Å². The van der Waals surface area contributed by atoms with Crippen molar-refractivity contribution in [2.45, 2.75) is 20.4 Å². The van der Waals surface area contributed by atoms with Gasteiger partial charge in [-0.15, -0.1) is 11.3 Å². The van der Waals surface area contributed by atoms with Crippen LogP contribution in [0.1, 0.15) is 29.8 Å². The number of aromatic nitrogens is 1. The topological polar surface area (TPSA) is 51.2 Å². The maximum absolute atomic E-state index is 12.6. The second kappa shape index (κ2) is 10.2. The lowest BCUT2D eigenvalue weighted by atomic mass is 10.1. The van der Waals surface area contributed by atoms with Gasteiger partial charge in [0.15, 0.2) is 0 Å². The number of rotatable bonds is 8. The van der Waals surface area contributed by atoms with Crippen molar-refractivity contribution in [3.8, 4) is 27.6 Å². The molecule has 1 heterocycles. The molecule has 3 aromatic carbocycles. The quantitative estimate of drug-likeness (QED) is 0.341. The van der Waals surface area contributed by atoms with Gasteiger partial charge in [0.25, 0.3) is 5.91 Å². The summed E-state index contributed by atoms with van der Waals surface area (Å²) in [7, 11) is 0. The van der Waals surface area contributed by atoms with Crippen molar-refractivity contribution in [3.63, 3.8) is 0 Å². The largest absolute Gasteiger partial charge is 0.493 e. The summed E-state index contributed by atoms with van der Waals surface area (Å²) in [5, 5.41) is 6.05. The van der Waals surface area contributed by atoms with E-state index in [9.17, 15) is 4.79 Å². The third-order valence-electron chi connectivity index (χ3n) is 4.88. The van der Waals surface area contributed by atoms with E-state index in [-0.39, 0.29) is 5.91 Å². The van der Waals surface area contributed by atoms with Crippen LogP contribution >= 0.6 is 11.3 Å². The number of hydrogen-bond acceptors (Lipinski definition) is 4. The molecule has 0 aliphatic rings. The molecule has 0 aliphatic carbocycles. The second-order valence-electron chi connectivity index (χ2n) is 8.02. The second-order valence-corrected chi connectivity index (χ2v) is 8.88. The number of carbonyl (C=O) groups excluding carboxylic acids is 1. The Kier molecular flexibility index (Phi) is 6.97. The molecule has 4 nitrogen and oxygen atoms in total. The lowest BCUT2D eigenvalue weighted by Gasteiger charge is -2.10. The van der Waals surface area contributed by atoms with Gasteiger partial charge in [0.2, 0.25) is 0 Å². The molecule has 4 rings (SSSR count). The zero-order valence-electron chi connectivity index (χ0n) is 18.2. The van der Waals surface area contributed by atoms with E-state index in [0.717, 1.165) is 27.4 Å². The lowest BCUT2D eigenvalue weighted by molar-refractivity contribution is 0.0950. The lowest BCUT2D eigenvalue weighted by Crippen LogP contribution is -2.22. The third-order valence-corrected chi connectivity index (χ3v) is 5.77. The summed E-state index contributed by atoms with van der Waals surface area (Å²) in [4.78, 5) is 17.4. The van der Waals surface area contributed by atoms with Gasteiger partial charge in [-0.3, -0.25) is 4.79 Å². The first kappa shape index (κ1) is 21.8. The van der Waals surface area contributed by atoms with Crippen LogP contribution in [0.5, 0.6) is 5.75 Å². The third kappa shape index (κ3) is 5.62. The van der Waals surface area contributed by atoms with Crippen LogP contribution < -0.4 is 10.1 Å². The molecular weight excluding hydrogens is 416 g/mol. The fourth-order valence-electron chi connectivity index (χ4n) is 3.24. The summed E-state index contributed by atoms with van der Waals surface area (Å²) in [5.74, 6) is 1.03.